The van der Waals surface area contributed by atoms with Crippen molar-refractivity contribution in [2.24, 2.45) is 7.05 Å². The lowest BCUT2D eigenvalue weighted by Crippen LogP contribution is -2.47. The highest BCUT2D eigenvalue weighted by molar-refractivity contribution is 5.30. The van der Waals surface area contributed by atoms with E-state index < -0.39 is 0 Å². The maximum absolute atomic E-state index is 12.3. The van der Waals surface area contributed by atoms with Gasteiger partial charge in [-0.25, -0.2) is 4.68 Å². The molecule has 3 aliphatic rings. The van der Waals surface area contributed by atoms with Crippen LogP contribution >= 0.6 is 0 Å². The summed E-state index contributed by atoms with van der Waals surface area (Å²) < 4.78 is 3.78. The summed E-state index contributed by atoms with van der Waals surface area (Å²) in [7, 11) is 2.09. The predicted octanol–water partition coefficient (Wildman–Crippen LogP) is 0.772. The molecule has 1 aliphatic heterocycles. The highest BCUT2D eigenvalue weighted by Gasteiger charge is 2.24. The van der Waals surface area contributed by atoms with Gasteiger partial charge >= 0.3 is 0 Å². The number of hydrogen-bond donors (Lipinski definition) is 0. The van der Waals surface area contributed by atoms with E-state index in [2.05, 4.69) is 26.6 Å². The summed E-state index contributed by atoms with van der Waals surface area (Å²) in [6, 6.07) is 1.81. The Morgan fingerprint density at radius 2 is 1.64 bits per heavy atom. The fourth-order valence-electron chi connectivity index (χ4n) is 5.00. The molecule has 28 heavy (non-hydrogen) atoms. The molecule has 3 heterocycles. The Morgan fingerprint density at radius 1 is 0.893 bits per heavy atom. The van der Waals surface area contributed by atoms with Gasteiger partial charge in [-0.2, -0.15) is 10.2 Å². The van der Waals surface area contributed by atoms with Crippen molar-refractivity contribution in [1.82, 2.24) is 29.4 Å². The van der Waals surface area contributed by atoms with Crippen LogP contribution in [0.15, 0.2) is 10.9 Å². The molecular formula is C21H30N6O. The van der Waals surface area contributed by atoms with Crippen molar-refractivity contribution in [3.63, 3.8) is 0 Å². The van der Waals surface area contributed by atoms with Gasteiger partial charge in [-0.05, 0) is 49.7 Å². The van der Waals surface area contributed by atoms with E-state index in [1.54, 1.807) is 10.7 Å². The summed E-state index contributed by atoms with van der Waals surface area (Å²) in [6.07, 6.45) is 6.77. The molecule has 0 aromatic carbocycles. The SMILES string of the molecule is Cn1nc2c(c1CN1CCN(CCn3nc4c(cc3=O)CCC4)CC1)CCC2. The third kappa shape index (κ3) is 3.42. The number of aromatic nitrogens is 4. The minimum Gasteiger partial charge on any atom is -0.299 e. The van der Waals surface area contributed by atoms with E-state index in [-0.39, 0.29) is 5.56 Å². The van der Waals surface area contributed by atoms with Gasteiger partial charge in [0.1, 0.15) is 0 Å². The zero-order valence-electron chi connectivity index (χ0n) is 16.9. The summed E-state index contributed by atoms with van der Waals surface area (Å²) in [6.45, 7) is 6.87. The van der Waals surface area contributed by atoms with Crippen LogP contribution in [0, 0.1) is 0 Å². The molecule has 150 valence electrons. The van der Waals surface area contributed by atoms with Gasteiger partial charge in [0.2, 0.25) is 0 Å². The average Bonchev–Trinajstić information content (AvgIpc) is 3.39. The molecule has 2 aliphatic carbocycles. The third-order valence-electron chi connectivity index (χ3n) is 6.69. The largest absolute Gasteiger partial charge is 0.299 e. The minimum atomic E-state index is 0.0596. The average molecular weight is 383 g/mol. The summed E-state index contributed by atoms with van der Waals surface area (Å²) in [5.74, 6) is 0. The zero-order chi connectivity index (χ0) is 19.1. The molecule has 0 amide bonds. The molecule has 0 radical (unpaired) electrons. The molecule has 1 saturated heterocycles. The Labute approximate surface area is 165 Å². The minimum absolute atomic E-state index is 0.0596. The van der Waals surface area contributed by atoms with Crippen molar-refractivity contribution in [2.45, 2.75) is 51.6 Å². The van der Waals surface area contributed by atoms with E-state index >= 15 is 0 Å². The topological polar surface area (TPSA) is 59.2 Å². The van der Waals surface area contributed by atoms with E-state index in [0.29, 0.717) is 6.54 Å². The molecule has 2 aromatic heterocycles. The summed E-state index contributed by atoms with van der Waals surface area (Å²) in [5.41, 5.74) is 6.60. The van der Waals surface area contributed by atoms with Gasteiger partial charge in [0.05, 0.1) is 23.6 Å². The van der Waals surface area contributed by atoms with E-state index in [0.717, 1.165) is 76.2 Å². The van der Waals surface area contributed by atoms with Crippen LogP contribution in [0.2, 0.25) is 0 Å². The molecule has 7 nitrogen and oxygen atoms in total. The van der Waals surface area contributed by atoms with Crippen LogP contribution in [0.3, 0.4) is 0 Å². The number of rotatable bonds is 5. The van der Waals surface area contributed by atoms with Crippen LogP contribution in [0.25, 0.3) is 0 Å². The van der Waals surface area contributed by atoms with Crippen molar-refractivity contribution in [3.8, 4) is 0 Å². The Hall–Kier alpha value is -1.99. The summed E-state index contributed by atoms with van der Waals surface area (Å²) >= 11 is 0. The van der Waals surface area contributed by atoms with Gasteiger partial charge in [-0.1, -0.05) is 0 Å². The molecule has 0 bridgehead atoms. The van der Waals surface area contributed by atoms with Crippen molar-refractivity contribution in [3.05, 3.63) is 44.6 Å². The zero-order valence-corrected chi connectivity index (χ0v) is 16.9. The maximum atomic E-state index is 12.3. The molecule has 0 unspecified atom stereocenters. The van der Waals surface area contributed by atoms with Gasteiger partial charge in [0, 0.05) is 52.4 Å². The van der Waals surface area contributed by atoms with Crippen molar-refractivity contribution in [2.75, 3.05) is 32.7 Å². The standard InChI is InChI=1S/C21H30N6O/c1-24-20(17-5-3-7-19(17)22-24)15-26-10-8-25(9-11-26)12-13-27-21(28)14-16-4-2-6-18(16)23-27/h14H,2-13,15H2,1H3. The molecule has 5 rings (SSSR count). The Balaban J connectivity index is 1.15. The second kappa shape index (κ2) is 7.44. The quantitative estimate of drug-likeness (QED) is 0.765. The van der Waals surface area contributed by atoms with Crippen LogP contribution in [0.4, 0.5) is 0 Å². The molecule has 0 atom stereocenters. The monoisotopic (exact) mass is 382 g/mol. The van der Waals surface area contributed by atoms with Crippen LogP contribution < -0.4 is 5.56 Å². The van der Waals surface area contributed by atoms with Crippen molar-refractivity contribution >= 4 is 0 Å². The van der Waals surface area contributed by atoms with E-state index in [1.807, 2.05) is 0 Å². The van der Waals surface area contributed by atoms with E-state index in [9.17, 15) is 4.79 Å². The first kappa shape index (κ1) is 18.1. The molecule has 7 heteroatoms. The lowest BCUT2D eigenvalue weighted by Gasteiger charge is -2.34. The lowest BCUT2D eigenvalue weighted by atomic mass is 10.2. The fourth-order valence-corrected chi connectivity index (χ4v) is 5.00. The highest BCUT2D eigenvalue weighted by Crippen LogP contribution is 2.25. The van der Waals surface area contributed by atoms with Gasteiger partial charge in [-0.3, -0.25) is 19.3 Å². The lowest BCUT2D eigenvalue weighted by molar-refractivity contribution is 0.120. The van der Waals surface area contributed by atoms with Crippen LogP contribution in [-0.2, 0) is 45.8 Å². The maximum Gasteiger partial charge on any atom is 0.267 e. The Morgan fingerprint density at radius 3 is 2.50 bits per heavy atom. The second-order valence-electron chi connectivity index (χ2n) is 8.50. The van der Waals surface area contributed by atoms with Crippen molar-refractivity contribution < 1.29 is 0 Å². The van der Waals surface area contributed by atoms with E-state index in [1.165, 1.54) is 29.8 Å². The molecule has 1 fully saturated rings. The first-order chi connectivity index (χ1) is 13.7. The van der Waals surface area contributed by atoms with Crippen LogP contribution in [0.5, 0.6) is 0 Å². The van der Waals surface area contributed by atoms with E-state index in [4.69, 9.17) is 5.10 Å². The highest BCUT2D eigenvalue weighted by atomic mass is 16.1. The van der Waals surface area contributed by atoms with Gasteiger partial charge in [0.15, 0.2) is 0 Å². The second-order valence-corrected chi connectivity index (χ2v) is 8.50. The summed E-state index contributed by atoms with van der Waals surface area (Å²) in [4.78, 5) is 17.3. The summed E-state index contributed by atoms with van der Waals surface area (Å²) in [5, 5.41) is 9.31. The third-order valence-corrected chi connectivity index (χ3v) is 6.69. The predicted molar refractivity (Wildman–Crippen MR) is 107 cm³/mol. The number of aryl methyl sites for hydroxylation is 4. The van der Waals surface area contributed by atoms with Gasteiger partial charge in [0.25, 0.3) is 5.56 Å². The first-order valence-electron chi connectivity index (χ1n) is 10.8. The number of hydrogen-bond acceptors (Lipinski definition) is 5. The molecule has 2 aromatic rings. The normalized spacial score (nSPS) is 19.9. The smallest absolute Gasteiger partial charge is 0.267 e. The first-order valence-corrected chi connectivity index (χ1v) is 10.8. The fraction of sp³-hybridized carbons (Fsp3) is 0.667. The number of fused-ring (bicyclic) bond motifs is 2. The van der Waals surface area contributed by atoms with Gasteiger partial charge < -0.3 is 0 Å². The molecule has 0 saturated carbocycles. The number of nitrogens with zero attached hydrogens (tertiary/aromatic N) is 6. The van der Waals surface area contributed by atoms with Crippen LogP contribution in [0.1, 0.15) is 41.1 Å². The number of piperazine rings is 1. The molecule has 0 spiro atoms. The Kier molecular flexibility index (Phi) is 4.80. The molecular weight excluding hydrogens is 352 g/mol. The van der Waals surface area contributed by atoms with Crippen molar-refractivity contribution in [1.29, 1.82) is 0 Å². The van der Waals surface area contributed by atoms with Gasteiger partial charge in [-0.15, -0.1) is 0 Å². The molecule has 0 N–H and O–H groups in total. The van der Waals surface area contributed by atoms with Crippen LogP contribution in [-0.4, -0.2) is 62.1 Å². The Bertz CT molecular complexity index is 922.